The van der Waals surface area contributed by atoms with Crippen molar-refractivity contribution >= 4 is 36.2 Å². The maximum atomic E-state index is 14.3. The topological polar surface area (TPSA) is 72.8 Å². The second-order valence-corrected chi connectivity index (χ2v) is 18.3. The lowest BCUT2D eigenvalue weighted by atomic mass is 9.95. The third-order valence-electron chi connectivity index (χ3n) is 9.34. The van der Waals surface area contributed by atoms with Crippen LogP contribution in [-0.4, -0.2) is 91.5 Å². The zero-order valence-corrected chi connectivity index (χ0v) is 27.9. The normalized spacial score (nSPS) is 26.4. The highest BCUT2D eigenvalue weighted by molar-refractivity contribution is 6.99. The molecule has 0 spiro atoms. The van der Waals surface area contributed by atoms with Crippen molar-refractivity contribution in [3.63, 3.8) is 0 Å². The van der Waals surface area contributed by atoms with Crippen LogP contribution in [0.2, 0.25) is 10.3 Å². The molecule has 0 bridgehead atoms. The molecule has 0 unspecified atom stereocenters. The molecule has 1 aromatic heterocycles. The van der Waals surface area contributed by atoms with Gasteiger partial charge in [0, 0.05) is 19.5 Å². The Morgan fingerprint density at radius 2 is 1.70 bits per heavy atom. The van der Waals surface area contributed by atoms with Crippen molar-refractivity contribution in [2.45, 2.75) is 69.3 Å². The van der Waals surface area contributed by atoms with E-state index in [1.165, 1.54) is 10.4 Å². The Hall–Kier alpha value is -2.63. The molecule has 0 amide bonds. The minimum atomic E-state index is -2.88. The first-order valence-electron chi connectivity index (χ1n) is 15.6. The number of benzene rings is 2. The van der Waals surface area contributed by atoms with Crippen LogP contribution in [0, 0.1) is 0 Å². The number of nitrogens with zero attached hydrogens (tertiary/aromatic N) is 5. The lowest BCUT2D eigenvalue weighted by Gasteiger charge is -2.48. The molecule has 3 atom stereocenters. The molecule has 2 aromatic carbocycles. The smallest absolute Gasteiger partial charge is 0.322 e. The molecule has 4 heterocycles. The number of hydrogen-bond acceptors (Lipinski definition) is 8. The average molecular weight is 640 g/mol. The Balaban J connectivity index is 1.30. The molecule has 3 saturated heterocycles. The van der Waals surface area contributed by atoms with Crippen LogP contribution in [0.1, 0.15) is 47.0 Å². The molecular formula is C33H43ClFN5O3Si. The average Bonchev–Trinajstić information content (AvgIpc) is 3.44. The zero-order valence-electron chi connectivity index (χ0n) is 26.1. The monoisotopic (exact) mass is 639 g/mol. The van der Waals surface area contributed by atoms with Gasteiger partial charge in [0.2, 0.25) is 11.2 Å². The van der Waals surface area contributed by atoms with Crippen molar-refractivity contribution in [1.82, 2.24) is 19.9 Å². The van der Waals surface area contributed by atoms with Gasteiger partial charge in [0.05, 0.1) is 30.9 Å². The van der Waals surface area contributed by atoms with Gasteiger partial charge in [-0.1, -0.05) is 81.4 Å². The zero-order chi connectivity index (χ0) is 31.0. The Labute approximate surface area is 266 Å². The molecule has 3 fully saturated rings. The van der Waals surface area contributed by atoms with Crippen molar-refractivity contribution < 1.29 is 18.3 Å². The number of aromatic nitrogens is 3. The fourth-order valence-electron chi connectivity index (χ4n) is 7.42. The van der Waals surface area contributed by atoms with Gasteiger partial charge >= 0.3 is 6.01 Å². The third kappa shape index (κ3) is 6.11. The fourth-order valence-corrected chi connectivity index (χ4v) is 12.4. The third-order valence-corrected chi connectivity index (χ3v) is 14.7. The molecule has 3 aromatic rings. The lowest BCUT2D eigenvalue weighted by molar-refractivity contribution is -0.000400. The summed E-state index contributed by atoms with van der Waals surface area (Å²) in [6, 6.07) is 21.4. The summed E-state index contributed by atoms with van der Waals surface area (Å²) in [5, 5.41) is 2.27. The molecule has 3 aliphatic heterocycles. The molecule has 11 heteroatoms. The summed E-state index contributed by atoms with van der Waals surface area (Å²) in [6.45, 7) is 12.6. The van der Waals surface area contributed by atoms with Crippen LogP contribution in [0.3, 0.4) is 0 Å². The Bertz CT molecular complexity index is 1390. The van der Waals surface area contributed by atoms with E-state index in [0.29, 0.717) is 51.8 Å². The molecule has 44 heavy (non-hydrogen) atoms. The van der Waals surface area contributed by atoms with Crippen LogP contribution in [0.25, 0.3) is 0 Å². The highest BCUT2D eigenvalue weighted by Gasteiger charge is 2.54. The van der Waals surface area contributed by atoms with Gasteiger partial charge in [-0.05, 0) is 53.3 Å². The van der Waals surface area contributed by atoms with Crippen LogP contribution in [-0.2, 0) is 9.16 Å². The first kappa shape index (κ1) is 31.4. The Morgan fingerprint density at radius 3 is 2.36 bits per heavy atom. The molecular weight excluding hydrogens is 597 g/mol. The van der Waals surface area contributed by atoms with E-state index in [2.05, 4.69) is 96.0 Å². The molecule has 0 saturated carbocycles. The molecule has 0 radical (unpaired) electrons. The number of anilines is 1. The highest BCUT2D eigenvalue weighted by Crippen LogP contribution is 2.41. The van der Waals surface area contributed by atoms with Gasteiger partial charge in [0.1, 0.15) is 12.8 Å². The van der Waals surface area contributed by atoms with Crippen molar-refractivity contribution in [3.05, 3.63) is 65.9 Å². The first-order valence-corrected chi connectivity index (χ1v) is 17.9. The maximum Gasteiger partial charge on any atom is 0.322 e. The van der Waals surface area contributed by atoms with Gasteiger partial charge in [-0.25, -0.2) is 4.39 Å². The summed E-state index contributed by atoms with van der Waals surface area (Å²) in [4.78, 5) is 17.7. The van der Waals surface area contributed by atoms with Gasteiger partial charge < -0.3 is 18.8 Å². The standard InChI is InChI=1S/C33H43ClFN5O3Si/c1-31(2,3)44(26-12-7-5-8-13-26,27-14-9-6-10-15-27)43-32(4)22-39(18-19-41-23-32)29-36-28(34)37-30(38-29)42-24-33-16-11-17-40(33)21-25(35)20-33/h5-10,12-15,25H,11,16-24H2,1-4H3/t25-,32-,33+/m1/s1. The van der Waals surface area contributed by atoms with Crippen LogP contribution in [0.5, 0.6) is 6.01 Å². The summed E-state index contributed by atoms with van der Waals surface area (Å²) in [5.41, 5.74) is -1.01. The number of alkyl halides is 1. The van der Waals surface area contributed by atoms with Crippen molar-refractivity contribution in [2.75, 3.05) is 50.9 Å². The quantitative estimate of drug-likeness (QED) is 0.330. The minimum absolute atomic E-state index is 0.0559. The number of rotatable bonds is 8. The van der Waals surface area contributed by atoms with E-state index >= 15 is 0 Å². The maximum absolute atomic E-state index is 14.3. The molecule has 236 valence electrons. The number of fused-ring (bicyclic) bond motifs is 1. The van der Waals surface area contributed by atoms with E-state index in [9.17, 15) is 4.39 Å². The van der Waals surface area contributed by atoms with Crippen molar-refractivity contribution in [3.8, 4) is 6.01 Å². The largest absolute Gasteiger partial charge is 0.461 e. The minimum Gasteiger partial charge on any atom is -0.461 e. The van der Waals surface area contributed by atoms with Gasteiger partial charge in [-0.15, -0.1) is 0 Å². The van der Waals surface area contributed by atoms with Gasteiger partial charge in [-0.3, -0.25) is 4.90 Å². The summed E-state index contributed by atoms with van der Waals surface area (Å²) in [5.74, 6) is 0.415. The molecule has 8 nitrogen and oxygen atoms in total. The molecule has 0 N–H and O–H groups in total. The SMILES string of the molecule is CC(C)(C)[Si](O[C@@]1(C)COCCN(c2nc(Cl)nc(OC[C@@]34CCCN3C[C@H](F)C4)n2)C1)(c1ccccc1)c1ccccc1. The van der Waals surface area contributed by atoms with E-state index in [0.717, 1.165) is 19.4 Å². The van der Waals surface area contributed by atoms with Gasteiger partial charge in [0.25, 0.3) is 8.32 Å². The molecule has 3 aliphatic rings. The Morgan fingerprint density at radius 1 is 1.02 bits per heavy atom. The van der Waals surface area contributed by atoms with Crippen LogP contribution >= 0.6 is 11.6 Å². The summed E-state index contributed by atoms with van der Waals surface area (Å²) in [6.07, 6.45) is 1.58. The Kier molecular flexibility index (Phi) is 8.75. The van der Waals surface area contributed by atoms with E-state index in [1.54, 1.807) is 0 Å². The van der Waals surface area contributed by atoms with E-state index < -0.39 is 20.1 Å². The second kappa shape index (κ2) is 12.3. The van der Waals surface area contributed by atoms with Crippen LogP contribution < -0.4 is 20.0 Å². The summed E-state index contributed by atoms with van der Waals surface area (Å²) >= 11 is 6.44. The summed E-state index contributed by atoms with van der Waals surface area (Å²) < 4.78 is 34.2. The summed E-state index contributed by atoms with van der Waals surface area (Å²) in [7, 11) is -2.88. The van der Waals surface area contributed by atoms with Crippen LogP contribution in [0.15, 0.2) is 60.7 Å². The van der Waals surface area contributed by atoms with E-state index in [4.69, 9.17) is 30.5 Å². The van der Waals surface area contributed by atoms with Crippen LogP contribution in [0.4, 0.5) is 10.3 Å². The number of halogens is 2. The lowest BCUT2D eigenvalue weighted by Crippen LogP contribution is -2.70. The van der Waals surface area contributed by atoms with E-state index in [1.807, 2.05) is 12.1 Å². The second-order valence-electron chi connectivity index (χ2n) is 13.7. The fraction of sp³-hybridized carbons (Fsp3) is 0.545. The van der Waals surface area contributed by atoms with Crippen molar-refractivity contribution in [2.24, 2.45) is 0 Å². The van der Waals surface area contributed by atoms with Gasteiger partial charge in [0.15, 0.2) is 0 Å². The number of hydrogen-bond donors (Lipinski definition) is 0. The molecule has 6 rings (SSSR count). The van der Waals surface area contributed by atoms with Crippen molar-refractivity contribution in [1.29, 1.82) is 0 Å². The first-order chi connectivity index (χ1) is 21.0. The predicted octanol–water partition coefficient (Wildman–Crippen LogP) is 4.65. The number of ether oxygens (including phenoxy) is 2. The van der Waals surface area contributed by atoms with Gasteiger partial charge in [-0.2, -0.15) is 15.0 Å². The van der Waals surface area contributed by atoms with E-state index in [-0.39, 0.29) is 21.9 Å². The highest BCUT2D eigenvalue weighted by atomic mass is 35.5. The predicted molar refractivity (Wildman–Crippen MR) is 174 cm³/mol. The molecule has 0 aliphatic carbocycles.